The lowest BCUT2D eigenvalue weighted by atomic mass is 10.3. The lowest BCUT2D eigenvalue weighted by molar-refractivity contribution is 0.649. The van der Waals surface area contributed by atoms with E-state index >= 15 is 0 Å². The predicted molar refractivity (Wildman–Crippen MR) is 62.9 cm³/mol. The molecule has 0 unspecified atom stereocenters. The van der Waals surface area contributed by atoms with Crippen LogP contribution in [0.3, 0.4) is 0 Å². The summed E-state index contributed by atoms with van der Waals surface area (Å²) in [7, 11) is 2.07. The van der Waals surface area contributed by atoms with Crippen LogP contribution in [0.5, 0.6) is 0 Å². The maximum absolute atomic E-state index is 4.24. The Morgan fingerprint density at radius 1 is 1.53 bits per heavy atom. The Hall–Kier alpha value is -1.13. The maximum Gasteiger partial charge on any atom is 0.0794 e. The lowest BCUT2D eigenvalue weighted by Crippen LogP contribution is -2.18. The Morgan fingerprint density at radius 2 is 2.47 bits per heavy atom. The van der Waals surface area contributed by atoms with Crippen LogP contribution in [0.4, 0.5) is 0 Å². The first kappa shape index (κ1) is 10.4. The van der Waals surface area contributed by atoms with E-state index in [9.17, 15) is 0 Å². The number of nitrogens with one attached hydrogen (secondary N) is 1. The minimum Gasteiger partial charge on any atom is -0.353 e. The highest BCUT2D eigenvalue weighted by Gasteiger charge is 1.97. The molecular weight excluding hydrogens is 206 g/mol. The summed E-state index contributed by atoms with van der Waals surface area (Å²) >= 11 is 1.65. The molecule has 0 aliphatic rings. The van der Waals surface area contributed by atoms with E-state index in [1.807, 2.05) is 5.51 Å². The van der Waals surface area contributed by atoms with Crippen LogP contribution in [-0.4, -0.2) is 16.1 Å². The van der Waals surface area contributed by atoms with Crippen LogP contribution in [0.25, 0.3) is 0 Å². The van der Waals surface area contributed by atoms with Crippen molar-refractivity contribution in [2.24, 2.45) is 7.05 Å². The van der Waals surface area contributed by atoms with Crippen LogP contribution in [0.2, 0.25) is 0 Å². The van der Waals surface area contributed by atoms with Gasteiger partial charge in [-0.1, -0.05) is 0 Å². The number of aromatic nitrogens is 2. The average Bonchev–Trinajstić information content (AvgIpc) is 2.85. The second kappa shape index (κ2) is 5.09. The van der Waals surface area contributed by atoms with Crippen LogP contribution >= 0.6 is 11.3 Å². The molecule has 2 aromatic heterocycles. The molecule has 80 valence electrons. The van der Waals surface area contributed by atoms with Gasteiger partial charge in [-0.05, 0) is 12.1 Å². The first-order chi connectivity index (χ1) is 7.36. The van der Waals surface area contributed by atoms with Crippen molar-refractivity contribution in [3.63, 3.8) is 0 Å². The zero-order valence-electron chi connectivity index (χ0n) is 8.81. The van der Waals surface area contributed by atoms with E-state index in [1.54, 1.807) is 11.3 Å². The van der Waals surface area contributed by atoms with Crippen LogP contribution in [0.15, 0.2) is 29.2 Å². The van der Waals surface area contributed by atoms with Crippen molar-refractivity contribution < 1.29 is 0 Å². The van der Waals surface area contributed by atoms with Crippen molar-refractivity contribution in [2.75, 3.05) is 6.54 Å². The van der Waals surface area contributed by atoms with Gasteiger partial charge in [0.25, 0.3) is 0 Å². The largest absolute Gasteiger partial charge is 0.353 e. The SMILES string of the molecule is Cn1cccc1CNCCc1cscn1. The Kier molecular flexibility index (Phi) is 3.53. The molecule has 3 nitrogen and oxygen atoms in total. The van der Waals surface area contributed by atoms with Gasteiger partial charge in [0.2, 0.25) is 0 Å². The molecule has 0 bridgehead atoms. The highest BCUT2D eigenvalue weighted by molar-refractivity contribution is 7.07. The van der Waals surface area contributed by atoms with Gasteiger partial charge < -0.3 is 9.88 Å². The molecular formula is C11H15N3S. The number of hydrogen-bond acceptors (Lipinski definition) is 3. The molecule has 0 aliphatic carbocycles. The van der Waals surface area contributed by atoms with Gasteiger partial charge in [0.15, 0.2) is 0 Å². The zero-order valence-corrected chi connectivity index (χ0v) is 9.63. The smallest absolute Gasteiger partial charge is 0.0794 e. The van der Waals surface area contributed by atoms with Crippen molar-refractivity contribution in [3.05, 3.63) is 40.6 Å². The van der Waals surface area contributed by atoms with Crippen molar-refractivity contribution in [1.29, 1.82) is 0 Å². The summed E-state index contributed by atoms with van der Waals surface area (Å²) in [6.07, 6.45) is 3.07. The Morgan fingerprint density at radius 3 is 3.13 bits per heavy atom. The number of aryl methyl sites for hydroxylation is 1. The molecule has 0 saturated heterocycles. The summed E-state index contributed by atoms with van der Waals surface area (Å²) in [5, 5.41) is 5.51. The second-order valence-electron chi connectivity index (χ2n) is 3.52. The van der Waals surface area contributed by atoms with Gasteiger partial charge in [0.05, 0.1) is 11.2 Å². The molecule has 0 fully saturated rings. The second-order valence-corrected chi connectivity index (χ2v) is 4.24. The van der Waals surface area contributed by atoms with Crippen molar-refractivity contribution in [1.82, 2.24) is 14.9 Å². The number of hydrogen-bond donors (Lipinski definition) is 1. The normalized spacial score (nSPS) is 10.7. The van der Waals surface area contributed by atoms with Crippen LogP contribution < -0.4 is 5.32 Å². The van der Waals surface area contributed by atoms with E-state index in [0.717, 1.165) is 19.5 Å². The predicted octanol–water partition coefficient (Wildman–Crippen LogP) is 1.81. The van der Waals surface area contributed by atoms with Crippen LogP contribution in [-0.2, 0) is 20.0 Å². The van der Waals surface area contributed by atoms with Crippen LogP contribution in [0, 0.1) is 0 Å². The quantitative estimate of drug-likeness (QED) is 0.780. The fraction of sp³-hybridized carbons (Fsp3) is 0.364. The third kappa shape index (κ3) is 2.91. The third-order valence-electron chi connectivity index (χ3n) is 2.40. The molecule has 0 atom stereocenters. The molecule has 2 rings (SSSR count). The fourth-order valence-corrected chi connectivity index (χ4v) is 2.07. The summed E-state index contributed by atoms with van der Waals surface area (Å²) < 4.78 is 2.13. The van der Waals surface area contributed by atoms with Gasteiger partial charge >= 0.3 is 0 Å². The van der Waals surface area contributed by atoms with E-state index < -0.39 is 0 Å². The first-order valence-electron chi connectivity index (χ1n) is 5.04. The summed E-state index contributed by atoms with van der Waals surface area (Å²) in [6.45, 7) is 1.91. The molecule has 0 spiro atoms. The Balaban J connectivity index is 1.70. The lowest BCUT2D eigenvalue weighted by Gasteiger charge is -2.04. The van der Waals surface area contributed by atoms with Gasteiger partial charge in [-0.25, -0.2) is 4.98 Å². The molecule has 2 heterocycles. The first-order valence-corrected chi connectivity index (χ1v) is 5.98. The molecule has 0 amide bonds. The van der Waals surface area contributed by atoms with Crippen molar-refractivity contribution in [2.45, 2.75) is 13.0 Å². The average molecular weight is 221 g/mol. The van der Waals surface area contributed by atoms with E-state index in [2.05, 4.69) is 45.6 Å². The minimum atomic E-state index is 0.924. The van der Waals surface area contributed by atoms with Gasteiger partial charge in [0, 0.05) is 43.8 Å². The highest BCUT2D eigenvalue weighted by atomic mass is 32.1. The molecule has 0 aliphatic heterocycles. The van der Waals surface area contributed by atoms with Gasteiger partial charge in [-0.3, -0.25) is 0 Å². The Labute approximate surface area is 93.8 Å². The van der Waals surface area contributed by atoms with Crippen molar-refractivity contribution in [3.8, 4) is 0 Å². The summed E-state index contributed by atoms with van der Waals surface area (Å²) in [4.78, 5) is 4.24. The summed E-state index contributed by atoms with van der Waals surface area (Å²) in [5.41, 5.74) is 4.37. The van der Waals surface area contributed by atoms with Gasteiger partial charge in [0.1, 0.15) is 0 Å². The van der Waals surface area contributed by atoms with Crippen LogP contribution in [0.1, 0.15) is 11.4 Å². The fourth-order valence-electron chi connectivity index (χ4n) is 1.47. The summed E-state index contributed by atoms with van der Waals surface area (Å²) in [5.74, 6) is 0. The van der Waals surface area contributed by atoms with Crippen molar-refractivity contribution >= 4 is 11.3 Å². The molecule has 4 heteroatoms. The van der Waals surface area contributed by atoms with E-state index in [4.69, 9.17) is 0 Å². The molecule has 0 radical (unpaired) electrons. The topological polar surface area (TPSA) is 29.9 Å². The highest BCUT2D eigenvalue weighted by Crippen LogP contribution is 2.01. The Bertz CT molecular complexity index is 392. The number of rotatable bonds is 5. The van der Waals surface area contributed by atoms with E-state index in [-0.39, 0.29) is 0 Å². The van der Waals surface area contributed by atoms with Gasteiger partial charge in [-0.15, -0.1) is 11.3 Å². The monoisotopic (exact) mass is 221 g/mol. The molecule has 15 heavy (non-hydrogen) atoms. The van der Waals surface area contributed by atoms with Gasteiger partial charge in [-0.2, -0.15) is 0 Å². The zero-order chi connectivity index (χ0) is 10.5. The number of nitrogens with zero attached hydrogens (tertiary/aromatic N) is 2. The molecule has 0 saturated carbocycles. The van der Waals surface area contributed by atoms with E-state index in [0.29, 0.717) is 0 Å². The number of thiazole rings is 1. The molecule has 2 aromatic rings. The summed E-state index contributed by atoms with van der Waals surface area (Å²) in [6, 6.07) is 4.20. The molecule has 1 N–H and O–H groups in total. The standard InChI is InChI=1S/C11H15N3S/c1-14-6-2-3-11(14)7-12-5-4-10-8-15-9-13-10/h2-3,6,8-9,12H,4-5,7H2,1H3. The minimum absolute atomic E-state index is 0.924. The van der Waals surface area contributed by atoms with E-state index in [1.165, 1.54) is 11.4 Å². The third-order valence-corrected chi connectivity index (χ3v) is 3.03. The molecule has 0 aromatic carbocycles. The maximum atomic E-state index is 4.24.